The van der Waals surface area contributed by atoms with Gasteiger partial charge >= 0.3 is 7.82 Å². The molecule has 2 unspecified atom stereocenters. The lowest BCUT2D eigenvalue weighted by Crippen LogP contribution is -2.29. The van der Waals surface area contributed by atoms with Crippen LogP contribution >= 0.6 is 29.4 Å². The highest BCUT2D eigenvalue weighted by molar-refractivity contribution is 8.77. The molecule has 190 valence electrons. The number of nitrogens with one attached hydrogen (secondary N) is 1. The molecular formula is C22H45N2O5PS2. The Morgan fingerprint density at radius 3 is 2.56 bits per heavy atom. The Bertz CT molecular complexity index is 525. The minimum Gasteiger partial charge on any atom is -0.356 e. The summed E-state index contributed by atoms with van der Waals surface area (Å²) >= 11 is 0. The molecule has 32 heavy (non-hydrogen) atoms. The van der Waals surface area contributed by atoms with Crippen LogP contribution in [0.25, 0.3) is 0 Å². The van der Waals surface area contributed by atoms with Crippen LogP contribution in [0.3, 0.4) is 0 Å². The van der Waals surface area contributed by atoms with Gasteiger partial charge in [-0.2, -0.15) is 0 Å². The molecule has 0 aromatic heterocycles. The van der Waals surface area contributed by atoms with Crippen molar-refractivity contribution in [2.75, 3.05) is 45.6 Å². The zero-order valence-electron chi connectivity index (χ0n) is 20.1. The second kappa shape index (κ2) is 19.5. The topological polar surface area (TPSA) is 88.1 Å². The minimum absolute atomic E-state index is 0.133. The molecule has 0 spiro atoms. The number of unbranched alkanes of at least 4 members (excludes halogenated alkanes) is 6. The average Bonchev–Trinajstić information content (AvgIpc) is 3.27. The van der Waals surface area contributed by atoms with E-state index >= 15 is 0 Å². The summed E-state index contributed by atoms with van der Waals surface area (Å²) < 4.78 is 22.0. The summed E-state index contributed by atoms with van der Waals surface area (Å²) in [5, 5.41) is 3.77. The van der Waals surface area contributed by atoms with E-state index in [0.717, 1.165) is 50.3 Å². The van der Waals surface area contributed by atoms with Crippen LogP contribution in [0.1, 0.15) is 84.0 Å². The van der Waals surface area contributed by atoms with Crippen LogP contribution in [0.4, 0.5) is 0 Å². The van der Waals surface area contributed by atoms with Crippen molar-refractivity contribution in [2.45, 2.75) is 89.2 Å². The molecule has 0 aromatic rings. The molecule has 1 aliphatic heterocycles. The minimum atomic E-state index is -3.96. The molecule has 0 aliphatic carbocycles. The lowest BCUT2D eigenvalue weighted by atomic mass is 10.1. The molecule has 1 saturated heterocycles. The van der Waals surface area contributed by atoms with Crippen molar-refractivity contribution in [3.8, 4) is 0 Å². The molecule has 2 atom stereocenters. The average molecular weight is 513 g/mol. The van der Waals surface area contributed by atoms with E-state index in [9.17, 15) is 14.3 Å². The van der Waals surface area contributed by atoms with E-state index in [2.05, 4.69) is 12.2 Å². The highest BCUT2D eigenvalue weighted by Gasteiger charge is 2.20. The first kappa shape index (κ1) is 30.3. The fourth-order valence-electron chi connectivity index (χ4n) is 3.41. The van der Waals surface area contributed by atoms with E-state index in [1.807, 2.05) is 33.5 Å². The fourth-order valence-corrected chi connectivity index (χ4v) is 7.18. The van der Waals surface area contributed by atoms with Crippen molar-refractivity contribution >= 4 is 35.3 Å². The summed E-state index contributed by atoms with van der Waals surface area (Å²) in [5.74, 6) is 1.40. The zero-order chi connectivity index (χ0) is 23.5. The molecule has 1 rings (SSSR count). The summed E-state index contributed by atoms with van der Waals surface area (Å²) in [4.78, 5) is 23.7. The van der Waals surface area contributed by atoms with Crippen LogP contribution in [-0.2, 0) is 18.4 Å². The summed E-state index contributed by atoms with van der Waals surface area (Å²) in [6, 6.07) is 0. The van der Waals surface area contributed by atoms with E-state index in [1.165, 1.54) is 37.9 Å². The van der Waals surface area contributed by atoms with Crippen LogP contribution in [0.5, 0.6) is 0 Å². The van der Waals surface area contributed by atoms with Crippen molar-refractivity contribution in [1.29, 1.82) is 0 Å². The van der Waals surface area contributed by atoms with Crippen molar-refractivity contribution in [2.24, 2.45) is 0 Å². The standard InChI is InChI=1S/C22H45N2O5PS2/c1-3-4-5-6-7-10-18-28-30(26,27)29-19-17-24(2)16-11-15-23-22(25)13-9-8-12-21-14-20-31-32-21/h21H,3-20H2,1-2H3,(H,23,25)(H,26,27). The van der Waals surface area contributed by atoms with Crippen LogP contribution < -0.4 is 5.32 Å². The van der Waals surface area contributed by atoms with Crippen LogP contribution in [0.2, 0.25) is 0 Å². The molecule has 10 heteroatoms. The highest BCUT2D eigenvalue weighted by Crippen LogP contribution is 2.43. The van der Waals surface area contributed by atoms with Crippen molar-refractivity contribution in [1.82, 2.24) is 10.2 Å². The number of hydrogen-bond acceptors (Lipinski definition) is 7. The molecular weight excluding hydrogens is 467 g/mol. The van der Waals surface area contributed by atoms with Gasteiger partial charge in [0.25, 0.3) is 0 Å². The molecule has 0 radical (unpaired) electrons. The Hall–Kier alpha value is 0.240. The van der Waals surface area contributed by atoms with Gasteiger partial charge in [-0.25, -0.2) is 4.57 Å². The number of amides is 1. The molecule has 0 aromatic carbocycles. The molecule has 0 saturated carbocycles. The molecule has 1 aliphatic rings. The van der Waals surface area contributed by atoms with Crippen LogP contribution in [-0.4, -0.2) is 66.6 Å². The van der Waals surface area contributed by atoms with Crippen LogP contribution in [0, 0.1) is 0 Å². The van der Waals surface area contributed by atoms with Gasteiger partial charge in [0.2, 0.25) is 5.91 Å². The molecule has 2 N–H and O–H groups in total. The van der Waals surface area contributed by atoms with E-state index in [1.54, 1.807) is 0 Å². The largest absolute Gasteiger partial charge is 0.472 e. The second-order valence-electron chi connectivity index (χ2n) is 8.48. The number of carbonyl (C=O) groups excluding carboxylic acids is 1. The number of hydrogen-bond donors (Lipinski definition) is 2. The first-order valence-corrected chi connectivity index (χ1v) is 16.2. The third-order valence-electron chi connectivity index (χ3n) is 5.43. The maximum atomic E-state index is 11.9. The Morgan fingerprint density at radius 1 is 1.06 bits per heavy atom. The predicted molar refractivity (Wildman–Crippen MR) is 137 cm³/mol. The van der Waals surface area contributed by atoms with E-state index < -0.39 is 7.82 Å². The van der Waals surface area contributed by atoms with Gasteiger partial charge in [-0.05, 0) is 45.7 Å². The Labute approximate surface area is 203 Å². The van der Waals surface area contributed by atoms with Crippen LogP contribution in [0.15, 0.2) is 0 Å². The van der Waals surface area contributed by atoms with Gasteiger partial charge in [0, 0.05) is 30.5 Å². The van der Waals surface area contributed by atoms with Gasteiger partial charge in [0.1, 0.15) is 0 Å². The SMILES string of the molecule is CCCCCCCCOP(=O)(O)OCCN(C)CCCNC(=O)CCCCC1CCSS1. The first-order chi connectivity index (χ1) is 15.4. The predicted octanol–water partition coefficient (Wildman–Crippen LogP) is 5.63. The summed E-state index contributed by atoms with van der Waals surface area (Å²) in [7, 11) is 1.94. The monoisotopic (exact) mass is 512 g/mol. The van der Waals surface area contributed by atoms with E-state index in [0.29, 0.717) is 19.5 Å². The smallest absolute Gasteiger partial charge is 0.356 e. The molecule has 1 amide bonds. The number of phosphoric acid groups is 1. The Morgan fingerprint density at radius 2 is 1.81 bits per heavy atom. The lowest BCUT2D eigenvalue weighted by Gasteiger charge is -2.18. The van der Waals surface area contributed by atoms with Crippen molar-refractivity contribution in [3.05, 3.63) is 0 Å². The molecule has 1 heterocycles. The van der Waals surface area contributed by atoms with Crippen molar-refractivity contribution in [3.63, 3.8) is 0 Å². The zero-order valence-corrected chi connectivity index (χ0v) is 22.6. The Kier molecular flexibility index (Phi) is 18.5. The van der Waals surface area contributed by atoms with Gasteiger partial charge in [-0.15, -0.1) is 0 Å². The third kappa shape index (κ3) is 17.7. The number of rotatable bonds is 21. The third-order valence-corrected chi connectivity index (χ3v) is 9.45. The van der Waals surface area contributed by atoms with E-state index in [4.69, 9.17) is 9.05 Å². The number of carbonyl (C=O) groups is 1. The van der Waals surface area contributed by atoms with Gasteiger partial charge in [0.15, 0.2) is 0 Å². The molecule has 0 bridgehead atoms. The lowest BCUT2D eigenvalue weighted by molar-refractivity contribution is -0.121. The van der Waals surface area contributed by atoms with Gasteiger partial charge in [-0.1, -0.05) is 67.0 Å². The molecule has 1 fully saturated rings. The van der Waals surface area contributed by atoms with Crippen molar-refractivity contribution < 1.29 is 23.3 Å². The maximum absolute atomic E-state index is 11.9. The quantitative estimate of drug-likeness (QED) is 0.116. The number of phosphoric ester groups is 1. The van der Waals surface area contributed by atoms with Gasteiger partial charge < -0.3 is 15.1 Å². The summed E-state index contributed by atoms with van der Waals surface area (Å²) in [5.41, 5.74) is 0. The normalized spacial score (nSPS) is 18.2. The van der Waals surface area contributed by atoms with E-state index in [-0.39, 0.29) is 19.1 Å². The number of likely N-dealkylation sites (N-methyl/N-ethyl adjacent to an activating group) is 1. The summed E-state index contributed by atoms with van der Waals surface area (Å²) in [6.07, 6.45) is 12.7. The van der Waals surface area contributed by atoms with Gasteiger partial charge in [0.05, 0.1) is 13.2 Å². The molecule has 7 nitrogen and oxygen atoms in total. The highest BCUT2D eigenvalue weighted by atomic mass is 33.1. The Balaban J connectivity index is 1.92. The second-order valence-corrected chi connectivity index (χ2v) is 12.7. The first-order valence-electron chi connectivity index (χ1n) is 12.3. The van der Waals surface area contributed by atoms with Gasteiger partial charge in [-0.3, -0.25) is 13.8 Å². The maximum Gasteiger partial charge on any atom is 0.472 e. The fraction of sp³-hybridized carbons (Fsp3) is 0.955. The summed E-state index contributed by atoms with van der Waals surface area (Å²) in [6.45, 7) is 4.56. The number of nitrogens with zero attached hydrogens (tertiary/aromatic N) is 1.